The molecule has 0 aliphatic heterocycles. The van der Waals surface area contributed by atoms with Gasteiger partial charge in [0.2, 0.25) is 0 Å². The Morgan fingerprint density at radius 3 is 2.32 bits per heavy atom. The number of amides is 2. The van der Waals surface area contributed by atoms with Crippen LogP contribution in [0.15, 0.2) is 28.7 Å². The number of carbonyl (C=O) groups is 1. The van der Waals surface area contributed by atoms with E-state index in [0.29, 0.717) is 26.3 Å². The van der Waals surface area contributed by atoms with E-state index in [0.717, 1.165) is 10.2 Å². The monoisotopic (exact) mass is 330 g/mol. The molecular weight excluding hydrogens is 312 g/mol. The second-order valence-electron chi connectivity index (χ2n) is 3.88. The summed E-state index contributed by atoms with van der Waals surface area (Å²) in [5.41, 5.74) is 0.743. The van der Waals surface area contributed by atoms with Crippen molar-refractivity contribution in [3.8, 4) is 0 Å². The molecule has 6 heteroatoms. The van der Waals surface area contributed by atoms with Gasteiger partial charge in [0, 0.05) is 31.8 Å². The fourth-order valence-electron chi connectivity index (χ4n) is 1.47. The Morgan fingerprint density at radius 1 is 1.21 bits per heavy atom. The Labute approximate surface area is 122 Å². The summed E-state index contributed by atoms with van der Waals surface area (Å²) in [6.45, 7) is 2.03. The molecular formula is C13H19BrN2O3. The van der Waals surface area contributed by atoms with Crippen molar-refractivity contribution in [3.63, 3.8) is 0 Å². The fraction of sp³-hybridized carbons (Fsp3) is 0.462. The third-order valence-corrected chi connectivity index (χ3v) is 3.22. The lowest BCUT2D eigenvalue weighted by Crippen LogP contribution is -2.39. The highest BCUT2D eigenvalue weighted by atomic mass is 79.9. The van der Waals surface area contributed by atoms with E-state index in [2.05, 4.69) is 21.2 Å². The highest BCUT2D eigenvalue weighted by molar-refractivity contribution is 9.10. The van der Waals surface area contributed by atoms with Crippen molar-refractivity contribution in [1.29, 1.82) is 0 Å². The predicted octanol–water partition coefficient (Wildman–Crippen LogP) is 2.58. The molecule has 0 aliphatic rings. The number of anilines is 1. The SMILES string of the molecule is COCCN(CCOC)C(=O)Nc1ccccc1Br. The number of nitrogens with one attached hydrogen (secondary N) is 1. The first-order chi connectivity index (χ1) is 9.19. The molecule has 1 rings (SSSR count). The summed E-state index contributed by atoms with van der Waals surface area (Å²) in [5, 5.41) is 2.86. The van der Waals surface area contributed by atoms with Gasteiger partial charge in [-0.2, -0.15) is 0 Å². The number of benzene rings is 1. The number of ether oxygens (including phenoxy) is 2. The van der Waals surface area contributed by atoms with E-state index in [1.807, 2.05) is 24.3 Å². The zero-order valence-corrected chi connectivity index (χ0v) is 12.8. The lowest BCUT2D eigenvalue weighted by Gasteiger charge is -2.22. The molecule has 106 valence electrons. The molecule has 0 heterocycles. The summed E-state index contributed by atoms with van der Waals surface area (Å²) in [6.07, 6.45) is 0. The number of carbonyl (C=O) groups excluding carboxylic acids is 1. The van der Waals surface area contributed by atoms with Gasteiger partial charge in [-0.3, -0.25) is 0 Å². The average Bonchev–Trinajstić information content (AvgIpc) is 2.41. The lowest BCUT2D eigenvalue weighted by molar-refractivity contribution is 0.127. The highest BCUT2D eigenvalue weighted by Gasteiger charge is 2.13. The summed E-state index contributed by atoms with van der Waals surface area (Å²) in [6, 6.07) is 7.32. The van der Waals surface area contributed by atoms with E-state index in [1.54, 1.807) is 19.1 Å². The maximum absolute atomic E-state index is 12.2. The van der Waals surface area contributed by atoms with Crippen molar-refractivity contribution < 1.29 is 14.3 Å². The summed E-state index contributed by atoms with van der Waals surface area (Å²) >= 11 is 3.40. The van der Waals surface area contributed by atoms with E-state index >= 15 is 0 Å². The molecule has 0 radical (unpaired) electrons. The number of hydrogen-bond acceptors (Lipinski definition) is 3. The van der Waals surface area contributed by atoms with Crippen LogP contribution in [0, 0.1) is 0 Å². The molecule has 1 aromatic rings. The maximum atomic E-state index is 12.2. The highest BCUT2D eigenvalue weighted by Crippen LogP contribution is 2.21. The Bertz CT molecular complexity index is 393. The number of hydrogen-bond donors (Lipinski definition) is 1. The van der Waals surface area contributed by atoms with Crippen molar-refractivity contribution in [2.24, 2.45) is 0 Å². The fourth-order valence-corrected chi connectivity index (χ4v) is 1.86. The van der Waals surface area contributed by atoms with Gasteiger partial charge < -0.3 is 19.7 Å². The van der Waals surface area contributed by atoms with Gasteiger partial charge in [-0.1, -0.05) is 12.1 Å². The van der Waals surface area contributed by atoms with Gasteiger partial charge in [0.25, 0.3) is 0 Å². The number of urea groups is 1. The van der Waals surface area contributed by atoms with Crippen molar-refractivity contribution in [2.75, 3.05) is 45.8 Å². The first-order valence-corrected chi connectivity index (χ1v) is 6.76. The maximum Gasteiger partial charge on any atom is 0.322 e. The summed E-state index contributed by atoms with van der Waals surface area (Å²) in [4.78, 5) is 13.8. The minimum atomic E-state index is -0.166. The van der Waals surface area contributed by atoms with E-state index in [9.17, 15) is 4.79 Å². The summed E-state index contributed by atoms with van der Waals surface area (Å²) in [5.74, 6) is 0. The average molecular weight is 331 g/mol. The van der Waals surface area contributed by atoms with E-state index < -0.39 is 0 Å². The van der Waals surface area contributed by atoms with Crippen molar-refractivity contribution in [2.45, 2.75) is 0 Å². The Hall–Kier alpha value is -1.11. The molecule has 19 heavy (non-hydrogen) atoms. The molecule has 0 saturated carbocycles. The Balaban J connectivity index is 2.62. The van der Waals surface area contributed by atoms with Crippen LogP contribution in [-0.2, 0) is 9.47 Å². The van der Waals surface area contributed by atoms with Crippen LogP contribution in [-0.4, -0.2) is 51.5 Å². The van der Waals surface area contributed by atoms with E-state index in [-0.39, 0.29) is 6.03 Å². The zero-order valence-electron chi connectivity index (χ0n) is 11.2. The van der Waals surface area contributed by atoms with Gasteiger partial charge in [-0.25, -0.2) is 4.79 Å². The molecule has 0 fully saturated rings. The largest absolute Gasteiger partial charge is 0.383 e. The molecule has 5 nitrogen and oxygen atoms in total. The van der Waals surface area contributed by atoms with Gasteiger partial charge >= 0.3 is 6.03 Å². The second kappa shape index (κ2) is 8.90. The molecule has 1 N–H and O–H groups in total. The van der Waals surface area contributed by atoms with Crippen LogP contribution in [0.1, 0.15) is 0 Å². The van der Waals surface area contributed by atoms with Crippen molar-refractivity contribution in [3.05, 3.63) is 28.7 Å². The topological polar surface area (TPSA) is 50.8 Å². The van der Waals surface area contributed by atoms with E-state index in [4.69, 9.17) is 9.47 Å². The Morgan fingerprint density at radius 2 is 1.79 bits per heavy atom. The van der Waals surface area contributed by atoms with Crippen LogP contribution in [0.5, 0.6) is 0 Å². The molecule has 0 unspecified atom stereocenters. The first-order valence-electron chi connectivity index (χ1n) is 5.97. The minimum absolute atomic E-state index is 0.166. The van der Waals surface area contributed by atoms with Crippen LogP contribution in [0.25, 0.3) is 0 Å². The van der Waals surface area contributed by atoms with Crippen molar-refractivity contribution >= 4 is 27.6 Å². The number of nitrogens with zero attached hydrogens (tertiary/aromatic N) is 1. The van der Waals surface area contributed by atoms with Crippen LogP contribution < -0.4 is 5.32 Å². The zero-order chi connectivity index (χ0) is 14.1. The number of halogens is 1. The smallest absolute Gasteiger partial charge is 0.322 e. The quantitative estimate of drug-likeness (QED) is 0.835. The third-order valence-electron chi connectivity index (χ3n) is 2.53. The summed E-state index contributed by atoms with van der Waals surface area (Å²) < 4.78 is 10.9. The molecule has 0 bridgehead atoms. The van der Waals surface area contributed by atoms with Crippen LogP contribution in [0.4, 0.5) is 10.5 Å². The number of methoxy groups -OCH3 is 2. The lowest BCUT2D eigenvalue weighted by atomic mass is 10.3. The first kappa shape index (κ1) is 15.9. The normalized spacial score (nSPS) is 10.3. The summed E-state index contributed by atoms with van der Waals surface area (Å²) in [7, 11) is 3.22. The van der Waals surface area contributed by atoms with Crippen molar-refractivity contribution in [1.82, 2.24) is 4.90 Å². The number of rotatable bonds is 7. The van der Waals surface area contributed by atoms with Gasteiger partial charge in [-0.15, -0.1) is 0 Å². The van der Waals surface area contributed by atoms with Gasteiger partial charge in [0.15, 0.2) is 0 Å². The van der Waals surface area contributed by atoms with Crippen LogP contribution in [0.3, 0.4) is 0 Å². The molecule has 0 spiro atoms. The molecule has 0 aromatic heterocycles. The van der Waals surface area contributed by atoms with Gasteiger partial charge in [0.05, 0.1) is 18.9 Å². The van der Waals surface area contributed by atoms with E-state index in [1.165, 1.54) is 0 Å². The molecule has 0 saturated heterocycles. The Kier molecular flexibility index (Phi) is 7.47. The van der Waals surface area contributed by atoms with Gasteiger partial charge in [-0.05, 0) is 28.1 Å². The number of para-hydroxylation sites is 1. The molecule has 0 atom stereocenters. The predicted molar refractivity (Wildman–Crippen MR) is 78.5 cm³/mol. The van der Waals surface area contributed by atoms with Crippen LogP contribution in [0.2, 0.25) is 0 Å². The molecule has 2 amide bonds. The standard InChI is InChI=1S/C13H19BrN2O3/c1-18-9-7-16(8-10-19-2)13(17)15-12-6-4-3-5-11(12)14/h3-6H,7-10H2,1-2H3,(H,15,17). The third kappa shape index (κ3) is 5.59. The van der Waals surface area contributed by atoms with Gasteiger partial charge in [0.1, 0.15) is 0 Å². The minimum Gasteiger partial charge on any atom is -0.383 e. The second-order valence-corrected chi connectivity index (χ2v) is 4.74. The molecule has 1 aromatic carbocycles. The molecule has 0 aliphatic carbocycles. The van der Waals surface area contributed by atoms with Crippen LogP contribution >= 0.6 is 15.9 Å².